The molecule has 0 unspecified atom stereocenters. The van der Waals surface area contributed by atoms with Gasteiger partial charge in [-0.25, -0.2) is 9.67 Å². The normalized spacial score (nSPS) is 11.0. The summed E-state index contributed by atoms with van der Waals surface area (Å²) in [6, 6.07) is 17.0. The Morgan fingerprint density at radius 2 is 1.75 bits per heavy atom. The van der Waals surface area contributed by atoms with Gasteiger partial charge in [0.05, 0.1) is 33.0 Å². The Bertz CT molecular complexity index is 1200. The zero-order chi connectivity index (χ0) is 19.8. The van der Waals surface area contributed by atoms with E-state index < -0.39 is 0 Å². The third-order valence-electron chi connectivity index (χ3n) is 4.59. The van der Waals surface area contributed by atoms with Crippen molar-refractivity contribution >= 4 is 34.2 Å². The number of amides is 1. The first-order valence-corrected chi connectivity index (χ1v) is 9.32. The Morgan fingerprint density at radius 3 is 2.46 bits per heavy atom. The Balaban J connectivity index is 1.85. The molecule has 2 heterocycles. The van der Waals surface area contributed by atoms with E-state index in [9.17, 15) is 4.79 Å². The second-order valence-electron chi connectivity index (χ2n) is 6.78. The molecule has 2 aromatic heterocycles. The molecule has 1 N–H and O–H groups in total. The number of fused-ring (bicyclic) bond motifs is 1. The van der Waals surface area contributed by atoms with Crippen molar-refractivity contribution in [2.24, 2.45) is 0 Å². The number of carbonyl (C=O) groups excluding carboxylic acids is 1. The standard InChI is InChI=1S/C22H19ClN4O/c1-13-8-10-16(11-9-13)27-21-20(15(3)26-27)17(12-14(2)24-21)22(28)25-19-7-5-4-6-18(19)23/h4-12H,1-3H3,(H,25,28). The van der Waals surface area contributed by atoms with E-state index in [1.165, 1.54) is 5.56 Å². The molecule has 28 heavy (non-hydrogen) atoms. The van der Waals surface area contributed by atoms with Gasteiger partial charge in [0, 0.05) is 5.69 Å². The van der Waals surface area contributed by atoms with Gasteiger partial charge in [-0.1, -0.05) is 41.4 Å². The van der Waals surface area contributed by atoms with E-state index in [2.05, 4.69) is 15.4 Å². The van der Waals surface area contributed by atoms with Crippen LogP contribution in [-0.4, -0.2) is 20.7 Å². The van der Waals surface area contributed by atoms with Gasteiger partial charge in [0.2, 0.25) is 0 Å². The van der Waals surface area contributed by atoms with E-state index in [4.69, 9.17) is 11.6 Å². The molecule has 2 aromatic carbocycles. The zero-order valence-corrected chi connectivity index (χ0v) is 16.6. The van der Waals surface area contributed by atoms with Crippen LogP contribution in [0.1, 0.15) is 27.3 Å². The largest absolute Gasteiger partial charge is 0.321 e. The lowest BCUT2D eigenvalue weighted by molar-refractivity contribution is 0.102. The number of pyridine rings is 1. The summed E-state index contributed by atoms with van der Waals surface area (Å²) in [7, 11) is 0. The second-order valence-corrected chi connectivity index (χ2v) is 7.18. The molecule has 0 saturated carbocycles. The van der Waals surface area contributed by atoms with Crippen LogP contribution in [-0.2, 0) is 0 Å². The van der Waals surface area contributed by atoms with Gasteiger partial charge in [0.15, 0.2) is 5.65 Å². The summed E-state index contributed by atoms with van der Waals surface area (Å²) in [5, 5.41) is 8.76. The maximum Gasteiger partial charge on any atom is 0.256 e. The average molecular weight is 391 g/mol. The van der Waals surface area contributed by atoms with Crippen molar-refractivity contribution < 1.29 is 4.79 Å². The van der Waals surface area contributed by atoms with Crippen molar-refractivity contribution in [2.45, 2.75) is 20.8 Å². The molecule has 0 atom stereocenters. The first-order chi connectivity index (χ1) is 13.4. The molecule has 0 saturated heterocycles. The number of carbonyl (C=O) groups is 1. The first-order valence-electron chi connectivity index (χ1n) is 8.94. The van der Waals surface area contributed by atoms with Crippen molar-refractivity contribution in [3.8, 4) is 5.69 Å². The maximum atomic E-state index is 13.0. The molecule has 6 heteroatoms. The van der Waals surface area contributed by atoms with Crippen LogP contribution in [0.4, 0.5) is 5.69 Å². The van der Waals surface area contributed by atoms with Crippen LogP contribution in [0.3, 0.4) is 0 Å². The fourth-order valence-electron chi connectivity index (χ4n) is 3.21. The molecule has 0 bridgehead atoms. The highest BCUT2D eigenvalue weighted by Crippen LogP contribution is 2.27. The highest BCUT2D eigenvalue weighted by atomic mass is 35.5. The molecule has 0 fully saturated rings. The number of nitrogens with one attached hydrogen (secondary N) is 1. The molecule has 0 spiro atoms. The summed E-state index contributed by atoms with van der Waals surface area (Å²) in [5.41, 5.74) is 5.31. The predicted molar refractivity (Wildman–Crippen MR) is 112 cm³/mol. The van der Waals surface area contributed by atoms with Crippen molar-refractivity contribution in [1.82, 2.24) is 14.8 Å². The predicted octanol–water partition coefficient (Wildman–Crippen LogP) is 5.25. The van der Waals surface area contributed by atoms with Gasteiger partial charge < -0.3 is 5.32 Å². The number of hydrogen-bond donors (Lipinski definition) is 1. The number of rotatable bonds is 3. The number of nitrogens with zero attached hydrogens (tertiary/aromatic N) is 3. The number of anilines is 1. The van der Waals surface area contributed by atoms with Crippen LogP contribution in [0, 0.1) is 20.8 Å². The van der Waals surface area contributed by atoms with Crippen LogP contribution in [0.5, 0.6) is 0 Å². The second kappa shape index (κ2) is 7.09. The first kappa shape index (κ1) is 18.2. The Morgan fingerprint density at radius 1 is 1.04 bits per heavy atom. The third-order valence-corrected chi connectivity index (χ3v) is 4.92. The topological polar surface area (TPSA) is 59.8 Å². The van der Waals surface area contributed by atoms with Crippen molar-refractivity contribution in [2.75, 3.05) is 5.32 Å². The summed E-state index contributed by atoms with van der Waals surface area (Å²) in [6.07, 6.45) is 0. The van der Waals surface area contributed by atoms with E-state index in [1.54, 1.807) is 22.9 Å². The minimum atomic E-state index is -0.241. The lowest BCUT2D eigenvalue weighted by atomic mass is 10.1. The van der Waals surface area contributed by atoms with Crippen LogP contribution < -0.4 is 5.32 Å². The maximum absolute atomic E-state index is 13.0. The Hall–Kier alpha value is -3.18. The van der Waals surface area contributed by atoms with Crippen molar-refractivity contribution in [1.29, 1.82) is 0 Å². The van der Waals surface area contributed by atoms with Crippen LogP contribution >= 0.6 is 11.6 Å². The molecule has 140 valence electrons. The molecule has 5 nitrogen and oxygen atoms in total. The van der Waals surface area contributed by atoms with Crippen molar-refractivity contribution in [3.05, 3.63) is 82.1 Å². The van der Waals surface area contributed by atoms with Crippen LogP contribution in [0.15, 0.2) is 54.6 Å². The van der Waals surface area contributed by atoms with Crippen molar-refractivity contribution in [3.63, 3.8) is 0 Å². The van der Waals surface area contributed by atoms with E-state index in [0.29, 0.717) is 21.9 Å². The average Bonchev–Trinajstić information content (AvgIpc) is 3.00. The van der Waals surface area contributed by atoms with E-state index in [0.717, 1.165) is 22.5 Å². The van der Waals surface area contributed by atoms with E-state index >= 15 is 0 Å². The number of aryl methyl sites for hydroxylation is 3. The number of halogens is 1. The van der Waals surface area contributed by atoms with E-state index in [-0.39, 0.29) is 5.91 Å². The highest BCUT2D eigenvalue weighted by molar-refractivity contribution is 6.34. The molecule has 0 aliphatic rings. The van der Waals surface area contributed by atoms with Gasteiger partial charge in [-0.3, -0.25) is 4.79 Å². The molecule has 0 radical (unpaired) electrons. The quantitative estimate of drug-likeness (QED) is 0.519. The minimum absolute atomic E-state index is 0.241. The van der Waals surface area contributed by atoms with Crippen LogP contribution in [0.2, 0.25) is 5.02 Å². The highest BCUT2D eigenvalue weighted by Gasteiger charge is 2.20. The number of aromatic nitrogens is 3. The van der Waals surface area contributed by atoms with Gasteiger partial charge >= 0.3 is 0 Å². The molecule has 0 aliphatic carbocycles. The van der Waals surface area contributed by atoms with Gasteiger partial charge in [0.1, 0.15) is 0 Å². The summed E-state index contributed by atoms with van der Waals surface area (Å²) in [5.74, 6) is -0.241. The monoisotopic (exact) mass is 390 g/mol. The van der Waals surface area contributed by atoms with Gasteiger partial charge in [-0.05, 0) is 51.1 Å². The molecule has 0 aliphatic heterocycles. The van der Waals surface area contributed by atoms with Gasteiger partial charge in [-0.2, -0.15) is 5.10 Å². The van der Waals surface area contributed by atoms with Gasteiger partial charge in [-0.15, -0.1) is 0 Å². The summed E-state index contributed by atoms with van der Waals surface area (Å²) < 4.78 is 1.78. The zero-order valence-electron chi connectivity index (χ0n) is 15.8. The SMILES string of the molecule is Cc1ccc(-n2nc(C)c3c(C(=O)Nc4ccccc4Cl)cc(C)nc32)cc1. The molecular weight excluding hydrogens is 372 g/mol. The number of hydrogen-bond acceptors (Lipinski definition) is 3. The summed E-state index contributed by atoms with van der Waals surface area (Å²) in [6.45, 7) is 5.79. The number of para-hydroxylation sites is 1. The molecule has 4 rings (SSSR count). The van der Waals surface area contributed by atoms with E-state index in [1.807, 2.05) is 57.2 Å². The summed E-state index contributed by atoms with van der Waals surface area (Å²) >= 11 is 6.19. The lowest BCUT2D eigenvalue weighted by Crippen LogP contribution is -2.13. The van der Waals surface area contributed by atoms with Gasteiger partial charge in [0.25, 0.3) is 5.91 Å². The number of benzene rings is 2. The molecule has 4 aromatic rings. The fraction of sp³-hybridized carbons (Fsp3) is 0.136. The summed E-state index contributed by atoms with van der Waals surface area (Å²) in [4.78, 5) is 17.7. The Labute approximate surface area is 168 Å². The smallest absolute Gasteiger partial charge is 0.256 e. The Kier molecular flexibility index (Phi) is 4.61. The lowest BCUT2D eigenvalue weighted by Gasteiger charge is -2.09. The minimum Gasteiger partial charge on any atom is -0.321 e. The van der Waals surface area contributed by atoms with Crippen LogP contribution in [0.25, 0.3) is 16.7 Å². The fourth-order valence-corrected chi connectivity index (χ4v) is 3.39. The molecular formula is C22H19ClN4O. The third kappa shape index (κ3) is 3.25. The molecule has 1 amide bonds.